The lowest BCUT2D eigenvalue weighted by Gasteiger charge is -2.23. The smallest absolute Gasteiger partial charge is 0.255 e. The van der Waals surface area contributed by atoms with Crippen LogP contribution in [0, 0.1) is 0 Å². The van der Waals surface area contributed by atoms with Crippen LogP contribution in [-0.2, 0) is 24.3 Å². The van der Waals surface area contributed by atoms with Gasteiger partial charge < -0.3 is 16.2 Å². The van der Waals surface area contributed by atoms with Gasteiger partial charge in [0.2, 0.25) is 5.91 Å². The first-order chi connectivity index (χ1) is 18.4. The normalized spacial score (nSPS) is 15.4. The second-order valence-electron chi connectivity index (χ2n) is 9.53. The van der Waals surface area contributed by atoms with E-state index < -0.39 is 24.0 Å². The van der Waals surface area contributed by atoms with Gasteiger partial charge in [-0.1, -0.05) is 54.6 Å². The summed E-state index contributed by atoms with van der Waals surface area (Å²) in [4.78, 5) is 31.9. The number of carbonyl (C=O) groups is 2. The number of amides is 2. The number of benzene rings is 2. The van der Waals surface area contributed by atoms with Crippen LogP contribution in [0.3, 0.4) is 0 Å². The fourth-order valence-electron chi connectivity index (χ4n) is 4.81. The van der Waals surface area contributed by atoms with Gasteiger partial charge >= 0.3 is 0 Å². The van der Waals surface area contributed by atoms with Crippen LogP contribution in [0.4, 0.5) is 0 Å². The number of nitrogens with two attached hydrogens (primary N) is 1. The number of nitrogens with one attached hydrogen (secondary N) is 1. The van der Waals surface area contributed by atoms with Crippen LogP contribution in [0.25, 0.3) is 5.82 Å². The number of primary amides is 1. The van der Waals surface area contributed by atoms with Crippen molar-refractivity contribution in [1.82, 2.24) is 25.0 Å². The van der Waals surface area contributed by atoms with E-state index in [1.54, 1.807) is 29.2 Å². The summed E-state index contributed by atoms with van der Waals surface area (Å²) in [6.45, 7) is 3.82. The molecule has 0 aliphatic carbocycles. The minimum Gasteiger partial charge on any atom is -0.381 e. The van der Waals surface area contributed by atoms with Gasteiger partial charge in [0, 0.05) is 25.5 Å². The van der Waals surface area contributed by atoms with Crippen LogP contribution in [0.5, 0.6) is 0 Å². The maximum Gasteiger partial charge on any atom is 0.255 e. The van der Waals surface area contributed by atoms with Gasteiger partial charge in [0.05, 0.1) is 23.3 Å². The molecule has 0 fully saturated rings. The lowest BCUT2D eigenvalue weighted by molar-refractivity contribution is -0.127. The predicted molar refractivity (Wildman–Crippen MR) is 142 cm³/mol. The Bertz CT molecular complexity index is 1410. The number of aliphatic hydroxyl groups is 1. The molecule has 0 saturated carbocycles. The van der Waals surface area contributed by atoms with E-state index in [1.807, 2.05) is 36.4 Å². The zero-order valence-electron chi connectivity index (χ0n) is 21.1. The van der Waals surface area contributed by atoms with Gasteiger partial charge in [-0.3, -0.25) is 14.5 Å². The standard InChI is InChI=1S/C29H30N6O3/c1-19(34-17-21-10-5-6-11-22(21)18-34)24-13-15-35(33-24)28-23(12-7-14-31-28)29(38)32-25(26(36)27(30)37)16-20-8-3-2-4-9-20/h2-15,19,25-26,36H,16-18H2,1H3,(H2,30,37)(H,32,38). The van der Waals surface area contributed by atoms with Crippen LogP contribution in [0.15, 0.2) is 85.2 Å². The van der Waals surface area contributed by atoms with E-state index in [1.165, 1.54) is 11.1 Å². The van der Waals surface area contributed by atoms with Crippen molar-refractivity contribution in [2.24, 2.45) is 5.73 Å². The van der Waals surface area contributed by atoms with Crippen LogP contribution in [0.2, 0.25) is 0 Å². The van der Waals surface area contributed by atoms with Gasteiger partial charge in [-0.15, -0.1) is 0 Å². The molecule has 2 amide bonds. The van der Waals surface area contributed by atoms with Crippen molar-refractivity contribution in [3.05, 3.63) is 113 Å². The highest BCUT2D eigenvalue weighted by Crippen LogP contribution is 2.30. The Kier molecular flexibility index (Phi) is 7.30. The zero-order chi connectivity index (χ0) is 26.6. The number of hydrogen-bond donors (Lipinski definition) is 3. The Labute approximate surface area is 220 Å². The molecule has 0 spiro atoms. The van der Waals surface area contributed by atoms with Crippen molar-refractivity contribution < 1.29 is 14.7 Å². The lowest BCUT2D eigenvalue weighted by atomic mass is 10.0. The molecule has 194 valence electrons. The van der Waals surface area contributed by atoms with E-state index in [-0.39, 0.29) is 18.0 Å². The van der Waals surface area contributed by atoms with E-state index in [9.17, 15) is 14.7 Å². The minimum absolute atomic E-state index is 0.0607. The van der Waals surface area contributed by atoms with Crippen molar-refractivity contribution in [2.45, 2.75) is 44.6 Å². The molecule has 3 heterocycles. The maximum absolute atomic E-state index is 13.4. The summed E-state index contributed by atoms with van der Waals surface area (Å²) >= 11 is 0. The second-order valence-corrected chi connectivity index (χ2v) is 9.53. The van der Waals surface area contributed by atoms with E-state index in [2.05, 4.69) is 46.4 Å². The summed E-state index contributed by atoms with van der Waals surface area (Å²) in [6, 6.07) is 22.1. The largest absolute Gasteiger partial charge is 0.381 e. The summed E-state index contributed by atoms with van der Waals surface area (Å²) in [7, 11) is 0. The molecule has 9 nitrogen and oxygen atoms in total. The Morgan fingerprint density at radius 2 is 1.68 bits per heavy atom. The van der Waals surface area contributed by atoms with Crippen molar-refractivity contribution >= 4 is 11.8 Å². The molecule has 2 aromatic carbocycles. The summed E-state index contributed by atoms with van der Waals surface area (Å²) in [5.74, 6) is -1.05. The van der Waals surface area contributed by atoms with E-state index in [4.69, 9.17) is 10.8 Å². The van der Waals surface area contributed by atoms with Gasteiger partial charge in [-0.2, -0.15) is 5.10 Å². The van der Waals surface area contributed by atoms with Crippen molar-refractivity contribution in [2.75, 3.05) is 0 Å². The molecule has 4 aromatic rings. The number of nitrogens with zero attached hydrogens (tertiary/aromatic N) is 4. The summed E-state index contributed by atoms with van der Waals surface area (Å²) in [5, 5.41) is 18.0. The molecule has 9 heteroatoms. The molecule has 5 rings (SSSR count). The third-order valence-corrected chi connectivity index (χ3v) is 6.99. The molecule has 38 heavy (non-hydrogen) atoms. The van der Waals surface area contributed by atoms with Gasteiger partial charge in [0.15, 0.2) is 11.9 Å². The Morgan fingerprint density at radius 3 is 2.37 bits per heavy atom. The first kappa shape index (κ1) is 25.3. The molecule has 1 aliphatic rings. The van der Waals surface area contributed by atoms with Crippen molar-refractivity contribution in [3.63, 3.8) is 0 Å². The van der Waals surface area contributed by atoms with Crippen molar-refractivity contribution in [3.8, 4) is 5.82 Å². The van der Waals surface area contributed by atoms with Crippen LogP contribution >= 0.6 is 0 Å². The minimum atomic E-state index is -1.55. The predicted octanol–water partition coefficient (Wildman–Crippen LogP) is 2.53. The first-order valence-electron chi connectivity index (χ1n) is 12.5. The zero-order valence-corrected chi connectivity index (χ0v) is 21.1. The topological polar surface area (TPSA) is 126 Å². The third-order valence-electron chi connectivity index (χ3n) is 6.99. The third kappa shape index (κ3) is 5.34. The van der Waals surface area contributed by atoms with E-state index >= 15 is 0 Å². The molecule has 3 atom stereocenters. The van der Waals surface area contributed by atoms with Crippen LogP contribution < -0.4 is 11.1 Å². The molecule has 3 unspecified atom stereocenters. The quantitative estimate of drug-likeness (QED) is 0.318. The fraction of sp³-hybridized carbons (Fsp3) is 0.241. The number of aliphatic hydroxyl groups excluding tert-OH is 1. The highest BCUT2D eigenvalue weighted by atomic mass is 16.3. The van der Waals surface area contributed by atoms with Gasteiger partial charge in [-0.05, 0) is 48.2 Å². The lowest BCUT2D eigenvalue weighted by Crippen LogP contribution is -2.50. The molecule has 0 radical (unpaired) electrons. The molecule has 0 bridgehead atoms. The summed E-state index contributed by atoms with van der Waals surface area (Å²) in [6.07, 6.45) is 2.05. The fourth-order valence-corrected chi connectivity index (χ4v) is 4.81. The Balaban J connectivity index is 1.35. The Hall–Kier alpha value is -4.34. The van der Waals surface area contributed by atoms with Gasteiger partial charge in [-0.25, -0.2) is 9.67 Å². The molecule has 4 N–H and O–H groups in total. The highest BCUT2D eigenvalue weighted by Gasteiger charge is 2.29. The first-order valence-corrected chi connectivity index (χ1v) is 12.5. The monoisotopic (exact) mass is 510 g/mol. The van der Waals surface area contributed by atoms with Crippen LogP contribution in [0.1, 0.15) is 45.7 Å². The van der Waals surface area contributed by atoms with E-state index in [0.717, 1.165) is 24.3 Å². The molecule has 1 aliphatic heterocycles. The number of pyridine rings is 1. The van der Waals surface area contributed by atoms with E-state index in [0.29, 0.717) is 5.82 Å². The summed E-state index contributed by atoms with van der Waals surface area (Å²) < 4.78 is 1.58. The highest BCUT2D eigenvalue weighted by molar-refractivity contribution is 5.97. The second kappa shape index (κ2) is 11.0. The maximum atomic E-state index is 13.4. The number of rotatable bonds is 9. The van der Waals surface area contributed by atoms with Gasteiger partial charge in [0.25, 0.3) is 5.91 Å². The Morgan fingerprint density at radius 1 is 1.00 bits per heavy atom. The average Bonchev–Trinajstić information content (AvgIpc) is 3.60. The number of fused-ring (bicyclic) bond motifs is 1. The number of aromatic nitrogens is 3. The van der Waals surface area contributed by atoms with Gasteiger partial charge in [0.1, 0.15) is 0 Å². The van der Waals surface area contributed by atoms with Crippen molar-refractivity contribution in [1.29, 1.82) is 0 Å². The number of carbonyl (C=O) groups excluding carboxylic acids is 2. The number of hydrogen-bond acceptors (Lipinski definition) is 6. The molecular weight excluding hydrogens is 480 g/mol. The summed E-state index contributed by atoms with van der Waals surface area (Å²) in [5.41, 5.74) is 9.99. The molecular formula is C29H30N6O3. The SMILES string of the molecule is CC(c1ccn(-c2ncccc2C(=O)NC(Cc2ccccc2)C(O)C(N)=O)n1)N1Cc2ccccc2C1. The molecule has 2 aromatic heterocycles. The molecule has 0 saturated heterocycles. The van der Waals surface area contributed by atoms with Crippen LogP contribution in [-0.4, -0.2) is 48.7 Å². The average molecular weight is 511 g/mol.